The minimum atomic E-state index is -1.18. The van der Waals surface area contributed by atoms with E-state index in [2.05, 4.69) is 5.10 Å². The van der Waals surface area contributed by atoms with Crippen LogP contribution in [0.15, 0.2) is 5.10 Å². The minimum absolute atomic E-state index is 0.173. The van der Waals surface area contributed by atoms with Gasteiger partial charge in [0.05, 0.1) is 0 Å². The van der Waals surface area contributed by atoms with E-state index in [9.17, 15) is 9.59 Å². The van der Waals surface area contributed by atoms with E-state index in [1.807, 2.05) is 0 Å². The molecule has 0 aromatic heterocycles. The second-order valence-electron chi connectivity index (χ2n) is 3.92. The molecule has 0 heterocycles. The highest BCUT2D eigenvalue weighted by Gasteiger charge is 2.20. The molecule has 0 saturated carbocycles. The standard InChI is InChI=1S/C9H16N2O4S/c1-9(2,3)15-8(14)11(4)10-6(16-5)7(12)13/h1-5H3,(H,12,13)/b10-6-. The molecule has 0 aliphatic heterocycles. The van der Waals surface area contributed by atoms with Crippen molar-refractivity contribution in [1.29, 1.82) is 0 Å². The van der Waals surface area contributed by atoms with Crippen LogP contribution in [0.3, 0.4) is 0 Å². The van der Waals surface area contributed by atoms with Crippen molar-refractivity contribution in [2.75, 3.05) is 13.3 Å². The van der Waals surface area contributed by atoms with Crippen molar-refractivity contribution in [3.05, 3.63) is 0 Å². The summed E-state index contributed by atoms with van der Waals surface area (Å²) in [5, 5.41) is 13.0. The molecule has 0 aliphatic carbocycles. The SMILES string of the molecule is CS/C(=N\N(C)C(=O)OC(C)(C)C)C(=O)O. The molecule has 0 saturated heterocycles. The third kappa shape index (κ3) is 5.59. The molecule has 1 amide bonds. The van der Waals surface area contributed by atoms with Gasteiger partial charge in [-0.3, -0.25) is 0 Å². The number of thioether (sulfide) groups is 1. The zero-order chi connectivity index (χ0) is 12.9. The topological polar surface area (TPSA) is 79.2 Å². The number of carbonyl (C=O) groups is 2. The summed E-state index contributed by atoms with van der Waals surface area (Å²) in [6, 6.07) is 0. The normalized spacial score (nSPS) is 12.2. The zero-order valence-electron chi connectivity index (χ0n) is 9.97. The van der Waals surface area contributed by atoms with Crippen LogP contribution < -0.4 is 0 Å². The number of hydrazone groups is 1. The van der Waals surface area contributed by atoms with Gasteiger partial charge in [-0.1, -0.05) is 0 Å². The molecule has 92 valence electrons. The van der Waals surface area contributed by atoms with Gasteiger partial charge in [0, 0.05) is 7.05 Å². The average molecular weight is 248 g/mol. The van der Waals surface area contributed by atoms with Gasteiger partial charge in [0.25, 0.3) is 0 Å². The number of carboxylic acid groups (broad SMARTS) is 1. The third-order valence-corrected chi connectivity index (χ3v) is 1.92. The number of ether oxygens (including phenoxy) is 1. The van der Waals surface area contributed by atoms with E-state index in [0.717, 1.165) is 16.8 Å². The van der Waals surface area contributed by atoms with Gasteiger partial charge in [0.1, 0.15) is 5.60 Å². The molecular formula is C9H16N2O4S. The lowest BCUT2D eigenvalue weighted by Gasteiger charge is -2.22. The Morgan fingerprint density at radius 3 is 2.19 bits per heavy atom. The number of nitrogens with zero attached hydrogens (tertiary/aromatic N) is 2. The van der Waals surface area contributed by atoms with Crippen LogP contribution in [-0.4, -0.2) is 46.1 Å². The summed E-state index contributed by atoms with van der Waals surface area (Å²) in [5.74, 6) is -1.18. The van der Waals surface area contributed by atoms with Gasteiger partial charge >= 0.3 is 12.1 Å². The second-order valence-corrected chi connectivity index (χ2v) is 4.71. The maximum Gasteiger partial charge on any atom is 0.430 e. The van der Waals surface area contributed by atoms with Crippen LogP contribution in [0.4, 0.5) is 4.79 Å². The van der Waals surface area contributed by atoms with Crippen LogP contribution in [0, 0.1) is 0 Å². The van der Waals surface area contributed by atoms with E-state index in [-0.39, 0.29) is 5.04 Å². The number of amides is 1. The quantitative estimate of drug-likeness (QED) is 0.433. The lowest BCUT2D eigenvalue weighted by Crippen LogP contribution is -2.32. The maximum atomic E-state index is 11.4. The summed E-state index contributed by atoms with van der Waals surface area (Å²) in [4.78, 5) is 22.1. The molecule has 0 rings (SSSR count). The number of aliphatic carboxylic acids is 1. The minimum Gasteiger partial charge on any atom is -0.476 e. The molecule has 0 atom stereocenters. The first-order valence-corrected chi connectivity index (χ1v) is 5.72. The summed E-state index contributed by atoms with van der Waals surface area (Å²) in [6.07, 6.45) is 0.871. The van der Waals surface area contributed by atoms with Crippen molar-refractivity contribution >= 4 is 28.9 Å². The Bertz CT molecular complexity index is 309. The lowest BCUT2D eigenvalue weighted by molar-refractivity contribution is -0.129. The predicted molar refractivity (Wildman–Crippen MR) is 62.6 cm³/mol. The van der Waals surface area contributed by atoms with Crippen LogP contribution in [-0.2, 0) is 9.53 Å². The fourth-order valence-electron chi connectivity index (χ4n) is 0.676. The average Bonchev–Trinajstić information content (AvgIpc) is 2.10. The molecule has 7 heteroatoms. The van der Waals surface area contributed by atoms with Crippen LogP contribution >= 0.6 is 11.8 Å². The van der Waals surface area contributed by atoms with Crippen molar-refractivity contribution in [1.82, 2.24) is 5.01 Å². The Kier molecular flexibility index (Phi) is 5.29. The van der Waals surface area contributed by atoms with Crippen molar-refractivity contribution in [2.45, 2.75) is 26.4 Å². The molecule has 0 unspecified atom stereocenters. The van der Waals surface area contributed by atoms with Gasteiger partial charge in [0.2, 0.25) is 5.04 Å². The molecule has 16 heavy (non-hydrogen) atoms. The Hall–Kier alpha value is -1.24. The molecule has 0 aromatic carbocycles. The smallest absolute Gasteiger partial charge is 0.430 e. The van der Waals surface area contributed by atoms with Crippen molar-refractivity contribution in [3.63, 3.8) is 0 Å². The monoisotopic (exact) mass is 248 g/mol. The van der Waals surface area contributed by atoms with Crippen LogP contribution in [0.5, 0.6) is 0 Å². The summed E-state index contributed by atoms with van der Waals surface area (Å²) >= 11 is 0.943. The highest BCUT2D eigenvalue weighted by molar-refractivity contribution is 8.15. The Balaban J connectivity index is 4.62. The summed E-state index contributed by atoms with van der Waals surface area (Å²) in [7, 11) is 1.34. The highest BCUT2D eigenvalue weighted by atomic mass is 32.2. The largest absolute Gasteiger partial charge is 0.476 e. The van der Waals surface area contributed by atoms with E-state index < -0.39 is 17.7 Å². The number of rotatable bonds is 1. The Morgan fingerprint density at radius 1 is 1.38 bits per heavy atom. The van der Waals surface area contributed by atoms with Gasteiger partial charge < -0.3 is 9.84 Å². The highest BCUT2D eigenvalue weighted by Crippen LogP contribution is 2.10. The molecule has 6 nitrogen and oxygen atoms in total. The number of hydrogen-bond acceptors (Lipinski definition) is 5. The van der Waals surface area contributed by atoms with E-state index in [0.29, 0.717) is 0 Å². The molecular weight excluding hydrogens is 232 g/mol. The summed E-state index contributed by atoms with van der Waals surface area (Å²) < 4.78 is 5.00. The van der Waals surface area contributed by atoms with Gasteiger partial charge in [0.15, 0.2) is 0 Å². The van der Waals surface area contributed by atoms with E-state index in [1.165, 1.54) is 7.05 Å². The fraction of sp³-hybridized carbons (Fsp3) is 0.667. The van der Waals surface area contributed by atoms with Crippen LogP contribution in [0.2, 0.25) is 0 Å². The predicted octanol–water partition coefficient (Wildman–Crippen LogP) is 1.61. The summed E-state index contributed by atoms with van der Waals surface area (Å²) in [5.41, 5.74) is -0.635. The van der Waals surface area contributed by atoms with Crippen molar-refractivity contribution in [2.24, 2.45) is 5.10 Å². The molecule has 0 aromatic rings. The fourth-order valence-corrected chi connectivity index (χ4v) is 1.05. The molecule has 0 spiro atoms. The first kappa shape index (κ1) is 14.8. The number of carboxylic acids is 1. The van der Waals surface area contributed by atoms with Gasteiger partial charge in [-0.2, -0.15) is 5.10 Å². The number of hydrogen-bond donors (Lipinski definition) is 1. The van der Waals surface area contributed by atoms with Crippen LogP contribution in [0.25, 0.3) is 0 Å². The molecule has 1 N–H and O–H groups in total. The van der Waals surface area contributed by atoms with Crippen molar-refractivity contribution in [3.8, 4) is 0 Å². The first-order chi connectivity index (χ1) is 7.17. The first-order valence-electron chi connectivity index (χ1n) is 4.50. The van der Waals surface area contributed by atoms with Crippen molar-refractivity contribution < 1.29 is 19.4 Å². The van der Waals surface area contributed by atoms with Gasteiger partial charge in [-0.25, -0.2) is 14.6 Å². The van der Waals surface area contributed by atoms with Gasteiger partial charge in [-0.15, -0.1) is 11.8 Å². The van der Waals surface area contributed by atoms with E-state index >= 15 is 0 Å². The molecule has 0 radical (unpaired) electrons. The zero-order valence-corrected chi connectivity index (χ0v) is 10.8. The van der Waals surface area contributed by atoms with Crippen LogP contribution in [0.1, 0.15) is 20.8 Å². The summed E-state index contributed by atoms with van der Waals surface area (Å²) in [6.45, 7) is 5.15. The molecule has 0 bridgehead atoms. The van der Waals surface area contributed by atoms with Gasteiger partial charge in [-0.05, 0) is 27.0 Å². The lowest BCUT2D eigenvalue weighted by atomic mass is 10.2. The Morgan fingerprint density at radius 2 is 1.88 bits per heavy atom. The molecule has 0 aliphatic rings. The molecule has 0 fully saturated rings. The second kappa shape index (κ2) is 5.74. The van der Waals surface area contributed by atoms with E-state index in [1.54, 1.807) is 27.0 Å². The maximum absolute atomic E-state index is 11.4. The third-order valence-electron chi connectivity index (χ3n) is 1.27. The number of carbonyl (C=O) groups excluding carboxylic acids is 1. The van der Waals surface area contributed by atoms with E-state index in [4.69, 9.17) is 9.84 Å². The Labute approximate surface area is 98.6 Å².